The van der Waals surface area contributed by atoms with Gasteiger partial charge in [0, 0.05) is 11.6 Å². The maximum atomic E-state index is 12.4. The first-order valence-electron chi connectivity index (χ1n) is 7.83. The van der Waals surface area contributed by atoms with Crippen LogP contribution in [0.25, 0.3) is 0 Å². The van der Waals surface area contributed by atoms with Crippen LogP contribution in [-0.2, 0) is 4.74 Å². The number of amides is 1. The molecular formula is C17H22ClF2NO3. The molecular weight excluding hydrogens is 340 g/mol. The summed E-state index contributed by atoms with van der Waals surface area (Å²) >= 11 is 6.01. The van der Waals surface area contributed by atoms with Crippen molar-refractivity contribution >= 4 is 17.7 Å². The number of halogens is 3. The minimum absolute atomic E-state index is 0.131. The fourth-order valence-corrected chi connectivity index (χ4v) is 2.66. The maximum Gasteiger partial charge on any atom is 0.407 e. The van der Waals surface area contributed by atoms with E-state index in [1.807, 2.05) is 0 Å². The van der Waals surface area contributed by atoms with Crippen molar-refractivity contribution in [3.05, 3.63) is 28.8 Å². The fraction of sp³-hybridized carbons (Fsp3) is 0.588. The molecule has 0 aromatic heterocycles. The Balaban J connectivity index is 1.92. The first-order chi connectivity index (χ1) is 11.2. The summed E-state index contributed by atoms with van der Waals surface area (Å²) < 4.78 is 35.1. The topological polar surface area (TPSA) is 47.6 Å². The number of alkyl carbamates (subject to hydrolysis) is 1. The highest BCUT2D eigenvalue weighted by Gasteiger charge is 2.40. The van der Waals surface area contributed by atoms with Crippen LogP contribution in [0.3, 0.4) is 0 Å². The third-order valence-electron chi connectivity index (χ3n) is 3.57. The number of hydrogen-bond acceptors (Lipinski definition) is 3. The van der Waals surface area contributed by atoms with E-state index in [1.165, 1.54) is 0 Å². The van der Waals surface area contributed by atoms with E-state index in [4.69, 9.17) is 21.1 Å². The van der Waals surface area contributed by atoms with E-state index < -0.39 is 24.7 Å². The molecule has 0 aliphatic heterocycles. The molecule has 1 aliphatic rings. The number of hydrogen-bond donors (Lipinski definition) is 1. The van der Waals surface area contributed by atoms with Gasteiger partial charge in [-0.1, -0.05) is 11.6 Å². The Bertz CT molecular complexity index is 590. The van der Waals surface area contributed by atoms with Crippen LogP contribution >= 0.6 is 11.6 Å². The number of carbonyl (C=O) groups excluding carboxylic acids is 1. The molecule has 1 aromatic rings. The summed E-state index contributed by atoms with van der Waals surface area (Å²) in [6, 6.07) is 4.96. The van der Waals surface area contributed by atoms with E-state index in [-0.39, 0.29) is 11.8 Å². The molecule has 0 bridgehead atoms. The highest BCUT2D eigenvalue weighted by atomic mass is 35.5. The zero-order valence-corrected chi connectivity index (χ0v) is 14.7. The summed E-state index contributed by atoms with van der Waals surface area (Å²) in [5.74, 6) is 0.765. The lowest BCUT2D eigenvalue weighted by molar-refractivity contribution is 0.0525. The Kier molecular flexibility index (Phi) is 5.91. The molecule has 2 unspecified atom stereocenters. The second-order valence-electron chi connectivity index (χ2n) is 6.87. The molecule has 1 amide bonds. The minimum atomic E-state index is -2.53. The lowest BCUT2D eigenvalue weighted by Crippen LogP contribution is -2.33. The molecule has 7 heteroatoms. The second-order valence-corrected chi connectivity index (χ2v) is 7.31. The zero-order chi connectivity index (χ0) is 17.9. The Hall–Kier alpha value is -1.56. The average molecular weight is 362 g/mol. The molecule has 1 saturated carbocycles. The molecule has 1 aromatic carbocycles. The largest absolute Gasteiger partial charge is 0.487 e. The number of carbonyl (C=O) groups is 1. The third-order valence-corrected chi connectivity index (χ3v) is 3.80. The number of nitrogens with one attached hydrogen (secondary N) is 1. The first kappa shape index (κ1) is 18.8. The second kappa shape index (κ2) is 7.55. The Morgan fingerprint density at radius 3 is 2.75 bits per heavy atom. The van der Waals surface area contributed by atoms with Crippen molar-refractivity contribution in [1.82, 2.24) is 5.32 Å². The van der Waals surface area contributed by atoms with Crippen molar-refractivity contribution in [2.45, 2.75) is 45.1 Å². The number of benzene rings is 1. The van der Waals surface area contributed by atoms with E-state index in [9.17, 15) is 13.6 Å². The highest BCUT2D eigenvalue weighted by Crippen LogP contribution is 2.50. The molecule has 1 aliphatic carbocycles. The van der Waals surface area contributed by atoms with Gasteiger partial charge >= 0.3 is 6.09 Å². The lowest BCUT2D eigenvalue weighted by Gasteiger charge is -2.19. The van der Waals surface area contributed by atoms with Crippen molar-refractivity contribution < 1.29 is 23.0 Å². The van der Waals surface area contributed by atoms with Crippen molar-refractivity contribution in [3.8, 4) is 5.75 Å². The predicted octanol–water partition coefficient (Wildman–Crippen LogP) is 4.61. The van der Waals surface area contributed by atoms with Crippen molar-refractivity contribution in [1.29, 1.82) is 0 Å². The van der Waals surface area contributed by atoms with Crippen LogP contribution in [0, 0.1) is 5.92 Å². The monoisotopic (exact) mass is 361 g/mol. The summed E-state index contributed by atoms with van der Waals surface area (Å²) in [5, 5.41) is 3.26. The van der Waals surface area contributed by atoms with Gasteiger partial charge < -0.3 is 14.8 Å². The third kappa shape index (κ3) is 5.82. The average Bonchev–Trinajstić information content (AvgIpc) is 3.21. The smallest absolute Gasteiger partial charge is 0.407 e. The predicted molar refractivity (Wildman–Crippen MR) is 88.0 cm³/mol. The van der Waals surface area contributed by atoms with Gasteiger partial charge in [-0.2, -0.15) is 0 Å². The van der Waals surface area contributed by atoms with Crippen LogP contribution < -0.4 is 10.1 Å². The zero-order valence-electron chi connectivity index (χ0n) is 13.9. The molecule has 24 heavy (non-hydrogen) atoms. The SMILES string of the molecule is CC(C)(C)OC(=O)NCC1CC1c1cc(Cl)ccc1OCC(F)F. The molecule has 0 saturated heterocycles. The van der Waals surface area contributed by atoms with E-state index in [1.54, 1.807) is 39.0 Å². The molecule has 2 rings (SSSR count). The van der Waals surface area contributed by atoms with Gasteiger partial charge in [0.05, 0.1) is 0 Å². The molecule has 1 fully saturated rings. The normalized spacial score (nSPS) is 20.0. The molecule has 2 atom stereocenters. The summed E-state index contributed by atoms with van der Waals surface area (Å²) in [5.41, 5.74) is 0.259. The number of rotatable bonds is 6. The fourth-order valence-electron chi connectivity index (χ4n) is 2.48. The quantitative estimate of drug-likeness (QED) is 0.804. The molecule has 134 valence electrons. The summed E-state index contributed by atoms with van der Waals surface area (Å²) in [7, 11) is 0. The van der Waals surface area contributed by atoms with E-state index in [2.05, 4.69) is 5.32 Å². The highest BCUT2D eigenvalue weighted by molar-refractivity contribution is 6.30. The number of alkyl halides is 2. The summed E-state index contributed by atoms with van der Waals surface area (Å²) in [6.07, 6.45) is -2.16. The van der Waals surface area contributed by atoms with Crippen molar-refractivity contribution in [3.63, 3.8) is 0 Å². The molecule has 0 heterocycles. The van der Waals surface area contributed by atoms with E-state index in [0.717, 1.165) is 12.0 Å². The van der Waals surface area contributed by atoms with Crippen molar-refractivity contribution in [2.75, 3.05) is 13.2 Å². The first-order valence-corrected chi connectivity index (χ1v) is 8.21. The summed E-state index contributed by atoms with van der Waals surface area (Å²) in [4.78, 5) is 11.7. The van der Waals surface area contributed by atoms with Crippen LogP contribution in [0.4, 0.5) is 13.6 Å². The Labute approximate surface area is 145 Å². The number of ether oxygens (including phenoxy) is 2. The van der Waals surface area contributed by atoms with E-state index in [0.29, 0.717) is 17.3 Å². The van der Waals surface area contributed by atoms with Gasteiger partial charge in [0.1, 0.15) is 18.0 Å². The van der Waals surface area contributed by atoms with E-state index >= 15 is 0 Å². The Morgan fingerprint density at radius 2 is 2.12 bits per heavy atom. The molecule has 4 nitrogen and oxygen atoms in total. The summed E-state index contributed by atoms with van der Waals surface area (Å²) in [6.45, 7) is 5.20. The van der Waals surface area contributed by atoms with Gasteiger partial charge in [-0.05, 0) is 62.8 Å². The van der Waals surface area contributed by atoms with Gasteiger partial charge in [-0.25, -0.2) is 13.6 Å². The van der Waals surface area contributed by atoms with Crippen LogP contribution in [0.2, 0.25) is 5.02 Å². The van der Waals surface area contributed by atoms with Crippen LogP contribution in [-0.4, -0.2) is 31.3 Å². The van der Waals surface area contributed by atoms with Gasteiger partial charge in [-0.15, -0.1) is 0 Å². The maximum absolute atomic E-state index is 12.4. The van der Waals surface area contributed by atoms with Gasteiger partial charge in [-0.3, -0.25) is 0 Å². The van der Waals surface area contributed by atoms with Crippen LogP contribution in [0.1, 0.15) is 38.7 Å². The molecule has 0 radical (unpaired) electrons. The van der Waals surface area contributed by atoms with Gasteiger partial charge in [0.25, 0.3) is 6.43 Å². The van der Waals surface area contributed by atoms with Crippen molar-refractivity contribution in [2.24, 2.45) is 5.92 Å². The van der Waals surface area contributed by atoms with Crippen LogP contribution in [0.15, 0.2) is 18.2 Å². The Morgan fingerprint density at radius 1 is 1.42 bits per heavy atom. The lowest BCUT2D eigenvalue weighted by atomic mass is 10.1. The standard InChI is InChI=1S/C17H22ClF2NO3/c1-17(2,3)24-16(22)21-8-10-6-12(10)13-7-11(18)4-5-14(13)23-9-15(19)20/h4-5,7,10,12,15H,6,8-9H2,1-3H3,(H,21,22). The molecule has 0 spiro atoms. The van der Waals surface area contributed by atoms with Crippen LogP contribution in [0.5, 0.6) is 5.75 Å². The van der Waals surface area contributed by atoms with Gasteiger partial charge in [0.2, 0.25) is 0 Å². The van der Waals surface area contributed by atoms with Gasteiger partial charge in [0.15, 0.2) is 0 Å². The minimum Gasteiger partial charge on any atom is -0.487 e. The molecule has 1 N–H and O–H groups in total.